The molecule has 8 heteroatoms. The van der Waals surface area contributed by atoms with Crippen LogP contribution in [0.2, 0.25) is 0 Å². The normalized spacial score (nSPS) is 11.9. The maximum atomic E-state index is 12.7. The van der Waals surface area contributed by atoms with Gasteiger partial charge in [-0.1, -0.05) is 35.9 Å². The molecule has 3 rings (SSSR count). The van der Waals surface area contributed by atoms with Crippen LogP contribution in [0.1, 0.15) is 16.1 Å². The van der Waals surface area contributed by atoms with Gasteiger partial charge in [0, 0.05) is 22.0 Å². The average Bonchev–Trinajstić information content (AvgIpc) is 3.12. The van der Waals surface area contributed by atoms with E-state index in [0.717, 1.165) is 22.4 Å². The minimum atomic E-state index is -4.39. The zero-order valence-electron chi connectivity index (χ0n) is 15.5. The summed E-state index contributed by atoms with van der Waals surface area (Å²) in [5.41, 5.74) is 0.105. The predicted molar refractivity (Wildman–Crippen MR) is 113 cm³/mol. The van der Waals surface area contributed by atoms with Crippen molar-refractivity contribution in [1.29, 1.82) is 5.26 Å². The fourth-order valence-electron chi connectivity index (χ4n) is 2.71. The van der Waals surface area contributed by atoms with E-state index in [0.29, 0.717) is 5.01 Å². The molecule has 0 amide bonds. The summed E-state index contributed by atoms with van der Waals surface area (Å²) in [5, 5.41) is 14.7. The van der Waals surface area contributed by atoms with E-state index in [1.54, 1.807) is 6.07 Å². The number of hydrogen-bond acceptors (Lipinski definition) is 5. The molecule has 3 nitrogen and oxygen atoms in total. The number of benzene rings is 2. The Labute approximate surface area is 174 Å². The summed E-state index contributed by atoms with van der Waals surface area (Å²) in [4.78, 5) is 4.57. The molecule has 0 fully saturated rings. The molecule has 148 valence electrons. The fraction of sp³-hybridized carbons (Fsp3) is 0.143. The zero-order chi connectivity index (χ0) is 21.0. The Morgan fingerprint density at radius 2 is 1.97 bits per heavy atom. The molecule has 2 aromatic carbocycles. The second-order valence-corrected chi connectivity index (χ2v) is 8.18. The number of thiazole rings is 1. The first-order valence-electron chi connectivity index (χ1n) is 8.52. The van der Waals surface area contributed by atoms with Crippen molar-refractivity contribution in [2.45, 2.75) is 24.3 Å². The van der Waals surface area contributed by atoms with E-state index in [-0.39, 0.29) is 27.9 Å². The fourth-order valence-corrected chi connectivity index (χ4v) is 4.13. The third-order valence-corrected chi connectivity index (χ3v) is 5.68. The van der Waals surface area contributed by atoms with Crippen molar-refractivity contribution in [3.05, 3.63) is 70.2 Å². The standard InChI is InChI=1S/C21H16F3N3S2/c1-13-7-8-16(14(2)9-13)18-12-28-20(27-18)15(10-25)11-26-17-5-3-4-6-19(17)29-21(22,23)24/h3-9,11-12,26H,1-2H3/b15-11+. The summed E-state index contributed by atoms with van der Waals surface area (Å²) < 4.78 is 38.2. The van der Waals surface area contributed by atoms with Crippen molar-refractivity contribution in [1.82, 2.24) is 4.98 Å². The first kappa shape index (κ1) is 21.0. The van der Waals surface area contributed by atoms with E-state index in [4.69, 9.17) is 0 Å². The number of nitrogens with one attached hydrogen (secondary N) is 1. The molecule has 0 aliphatic carbocycles. The Morgan fingerprint density at radius 3 is 2.66 bits per heavy atom. The molecule has 0 spiro atoms. The molecule has 0 unspecified atom stereocenters. The lowest BCUT2D eigenvalue weighted by Gasteiger charge is -2.10. The van der Waals surface area contributed by atoms with Gasteiger partial charge in [-0.15, -0.1) is 11.3 Å². The molecule has 0 saturated carbocycles. The molecular weight excluding hydrogens is 415 g/mol. The molecule has 1 heterocycles. The van der Waals surface area contributed by atoms with Gasteiger partial charge < -0.3 is 5.32 Å². The summed E-state index contributed by atoms with van der Waals surface area (Å²) in [7, 11) is 0. The predicted octanol–water partition coefficient (Wildman–Crippen LogP) is 7.02. The van der Waals surface area contributed by atoms with Crippen molar-refractivity contribution in [2.75, 3.05) is 5.32 Å². The summed E-state index contributed by atoms with van der Waals surface area (Å²) >= 11 is 1.11. The highest BCUT2D eigenvalue weighted by atomic mass is 32.2. The average molecular weight is 432 g/mol. The Kier molecular flexibility index (Phi) is 6.30. The Balaban J connectivity index is 1.86. The van der Waals surface area contributed by atoms with Gasteiger partial charge in [-0.05, 0) is 43.3 Å². The minimum absolute atomic E-state index is 0.0312. The number of allylic oxidation sites excluding steroid dienone is 1. The first-order chi connectivity index (χ1) is 13.8. The van der Waals surface area contributed by atoms with Crippen LogP contribution in [0, 0.1) is 25.2 Å². The van der Waals surface area contributed by atoms with E-state index < -0.39 is 5.51 Å². The Morgan fingerprint density at radius 1 is 1.21 bits per heavy atom. The van der Waals surface area contributed by atoms with E-state index in [1.165, 1.54) is 35.7 Å². The second-order valence-electron chi connectivity index (χ2n) is 6.21. The quantitative estimate of drug-likeness (QED) is 0.348. The number of nitrogens with zero attached hydrogens (tertiary/aromatic N) is 2. The van der Waals surface area contributed by atoms with Crippen LogP contribution in [0.4, 0.5) is 18.9 Å². The first-order valence-corrected chi connectivity index (χ1v) is 10.2. The van der Waals surface area contributed by atoms with Crippen LogP contribution in [-0.2, 0) is 0 Å². The van der Waals surface area contributed by atoms with Gasteiger partial charge in [-0.25, -0.2) is 4.98 Å². The molecule has 1 aromatic heterocycles. The van der Waals surface area contributed by atoms with Crippen molar-refractivity contribution in [2.24, 2.45) is 0 Å². The molecule has 29 heavy (non-hydrogen) atoms. The van der Waals surface area contributed by atoms with Gasteiger partial charge in [0.05, 0.1) is 11.4 Å². The molecule has 3 aromatic rings. The molecule has 0 aliphatic rings. The third kappa shape index (κ3) is 5.40. The summed E-state index contributed by atoms with van der Waals surface area (Å²) in [6.45, 7) is 4.01. The topological polar surface area (TPSA) is 48.7 Å². The van der Waals surface area contributed by atoms with Gasteiger partial charge >= 0.3 is 5.51 Å². The second kappa shape index (κ2) is 8.72. The minimum Gasteiger partial charge on any atom is -0.359 e. The number of thioether (sulfide) groups is 1. The van der Waals surface area contributed by atoms with E-state index in [9.17, 15) is 18.4 Å². The molecule has 0 atom stereocenters. The molecule has 0 bridgehead atoms. The molecular formula is C21H16F3N3S2. The molecule has 1 N–H and O–H groups in total. The van der Waals surface area contributed by atoms with Gasteiger partial charge in [-0.3, -0.25) is 0 Å². The third-order valence-electron chi connectivity index (χ3n) is 4.00. The molecule has 0 aliphatic heterocycles. The van der Waals surface area contributed by atoms with Crippen LogP contribution < -0.4 is 5.32 Å². The highest BCUT2D eigenvalue weighted by molar-refractivity contribution is 8.00. The van der Waals surface area contributed by atoms with Gasteiger partial charge in [0.25, 0.3) is 0 Å². The lowest BCUT2D eigenvalue weighted by molar-refractivity contribution is -0.0327. The van der Waals surface area contributed by atoms with Crippen LogP contribution in [0.3, 0.4) is 0 Å². The monoisotopic (exact) mass is 431 g/mol. The van der Waals surface area contributed by atoms with Gasteiger partial charge in [-0.2, -0.15) is 18.4 Å². The number of rotatable bonds is 5. The van der Waals surface area contributed by atoms with E-state index in [2.05, 4.69) is 22.4 Å². The van der Waals surface area contributed by atoms with Crippen LogP contribution in [0.5, 0.6) is 0 Å². The largest absolute Gasteiger partial charge is 0.446 e. The number of halogens is 3. The Hall–Kier alpha value is -2.76. The SMILES string of the molecule is Cc1ccc(-c2csc(/C(C#N)=C/Nc3ccccc3SC(F)(F)F)n2)c(C)c1. The van der Waals surface area contributed by atoms with Crippen molar-refractivity contribution in [3.8, 4) is 17.3 Å². The number of aryl methyl sites for hydroxylation is 2. The van der Waals surface area contributed by atoms with Gasteiger partial charge in [0.15, 0.2) is 0 Å². The summed E-state index contributed by atoms with van der Waals surface area (Å²) in [6.07, 6.45) is 1.39. The Bertz CT molecular complexity index is 1100. The number of aromatic nitrogens is 1. The molecule has 0 radical (unpaired) electrons. The summed E-state index contributed by atoms with van der Waals surface area (Å²) in [6, 6.07) is 14.2. The van der Waals surface area contributed by atoms with Crippen LogP contribution in [-0.4, -0.2) is 10.5 Å². The smallest absolute Gasteiger partial charge is 0.359 e. The van der Waals surface area contributed by atoms with Gasteiger partial charge in [0.1, 0.15) is 16.6 Å². The van der Waals surface area contributed by atoms with Crippen molar-refractivity contribution >= 4 is 34.4 Å². The number of para-hydroxylation sites is 1. The van der Waals surface area contributed by atoms with Crippen LogP contribution in [0.25, 0.3) is 16.8 Å². The zero-order valence-corrected chi connectivity index (χ0v) is 17.2. The van der Waals surface area contributed by atoms with Gasteiger partial charge in [0.2, 0.25) is 0 Å². The lowest BCUT2D eigenvalue weighted by atomic mass is 10.0. The highest BCUT2D eigenvalue weighted by Gasteiger charge is 2.30. The number of anilines is 1. The highest BCUT2D eigenvalue weighted by Crippen LogP contribution is 2.40. The van der Waals surface area contributed by atoms with E-state index >= 15 is 0 Å². The maximum absolute atomic E-state index is 12.7. The number of nitriles is 1. The molecule has 0 saturated heterocycles. The maximum Gasteiger partial charge on any atom is 0.446 e. The van der Waals surface area contributed by atoms with Crippen LogP contribution in [0.15, 0.2) is 58.9 Å². The lowest BCUT2D eigenvalue weighted by Crippen LogP contribution is -2.01. The van der Waals surface area contributed by atoms with E-state index in [1.807, 2.05) is 31.4 Å². The number of hydrogen-bond donors (Lipinski definition) is 1. The number of alkyl halides is 3. The summed E-state index contributed by atoms with van der Waals surface area (Å²) in [5.74, 6) is 0. The van der Waals surface area contributed by atoms with Crippen LogP contribution >= 0.6 is 23.1 Å². The van der Waals surface area contributed by atoms with Crippen molar-refractivity contribution < 1.29 is 13.2 Å². The van der Waals surface area contributed by atoms with Crippen molar-refractivity contribution in [3.63, 3.8) is 0 Å².